The number of hydrogen-bond donors (Lipinski definition) is 0. The molecule has 0 saturated carbocycles. The van der Waals surface area contributed by atoms with Crippen molar-refractivity contribution < 1.29 is 0 Å². The SMILES string of the molecule is c1ccc2c(c1)-c1c(-c3c4cccc(-c5cccc6c7cccc8c9ccccc9n(c56)c87)c4cc4c(-c5cccc6c7cccc8c9ccccc9n(c56)c87)cccc34)cccc1C21c2ccccc2-c2c1ccc1ccccc21. The Kier molecular flexibility index (Phi) is 7.85. The lowest BCUT2D eigenvalue weighted by Crippen LogP contribution is -2.25. The summed E-state index contributed by atoms with van der Waals surface area (Å²) >= 11 is 0. The van der Waals surface area contributed by atoms with Crippen molar-refractivity contribution in [1.82, 2.24) is 8.80 Å². The minimum Gasteiger partial charge on any atom is -0.307 e. The quantitative estimate of drug-likeness (QED) is 0.156. The molecular weight excluding hydrogens is 977 g/mol. The number of para-hydroxylation sites is 6. The van der Waals surface area contributed by atoms with E-state index in [2.05, 4.69) is 276 Å². The lowest BCUT2D eigenvalue weighted by atomic mass is 9.70. The number of rotatable bonds is 3. The Morgan fingerprint density at radius 3 is 1.15 bits per heavy atom. The average Bonchev–Trinajstić information content (AvgIpc) is 2.58. The summed E-state index contributed by atoms with van der Waals surface area (Å²) in [7, 11) is 0. The van der Waals surface area contributed by atoms with E-state index in [9.17, 15) is 0 Å². The predicted molar refractivity (Wildman–Crippen MR) is 341 cm³/mol. The second-order valence-electron chi connectivity index (χ2n) is 22.8. The van der Waals surface area contributed by atoms with Gasteiger partial charge in [-0.3, -0.25) is 0 Å². The fourth-order valence-corrected chi connectivity index (χ4v) is 16.5. The van der Waals surface area contributed by atoms with E-state index in [4.69, 9.17) is 0 Å². The molecule has 1 atom stereocenters. The molecule has 81 heavy (non-hydrogen) atoms. The van der Waals surface area contributed by atoms with Gasteiger partial charge in [0.05, 0.1) is 38.5 Å². The first-order chi connectivity index (χ1) is 40.3. The first kappa shape index (κ1) is 42.5. The first-order valence-electron chi connectivity index (χ1n) is 28.4. The molecule has 2 aliphatic rings. The number of fused-ring (bicyclic) bond motifs is 26. The molecule has 0 bridgehead atoms. The lowest BCUT2D eigenvalue weighted by molar-refractivity contribution is 0.794. The van der Waals surface area contributed by atoms with Gasteiger partial charge in [-0.05, 0) is 117 Å². The summed E-state index contributed by atoms with van der Waals surface area (Å²) in [5.74, 6) is 0. The normalized spacial score (nSPS) is 14.7. The molecule has 370 valence electrons. The highest BCUT2D eigenvalue weighted by atomic mass is 14.9. The monoisotopic (exact) mass is 1020 g/mol. The summed E-state index contributed by atoms with van der Waals surface area (Å²) in [6, 6.07) is 102. The molecule has 0 saturated heterocycles. The van der Waals surface area contributed by atoms with Gasteiger partial charge in [0, 0.05) is 54.2 Å². The molecule has 1 spiro atoms. The molecule has 2 heteroatoms. The Morgan fingerprint density at radius 2 is 0.568 bits per heavy atom. The van der Waals surface area contributed by atoms with Crippen molar-refractivity contribution >= 4 is 109 Å². The first-order valence-corrected chi connectivity index (χ1v) is 28.4. The van der Waals surface area contributed by atoms with Gasteiger partial charge in [0.15, 0.2) is 0 Å². The number of benzene rings is 14. The predicted octanol–water partition coefficient (Wildman–Crippen LogP) is 20.8. The fraction of sp³-hybridized carbons (Fsp3) is 0.0127. The van der Waals surface area contributed by atoms with Crippen molar-refractivity contribution in [1.29, 1.82) is 0 Å². The molecule has 0 amide bonds. The molecule has 2 aliphatic carbocycles. The Hall–Kier alpha value is -10.5. The van der Waals surface area contributed by atoms with Crippen LogP contribution in [0.1, 0.15) is 22.3 Å². The van der Waals surface area contributed by atoms with Gasteiger partial charge in [-0.25, -0.2) is 0 Å². The third-order valence-corrected chi connectivity index (χ3v) is 19.4. The number of aromatic nitrogens is 2. The van der Waals surface area contributed by atoms with Crippen LogP contribution in [0.4, 0.5) is 0 Å². The van der Waals surface area contributed by atoms with E-state index in [0.29, 0.717) is 0 Å². The molecule has 0 aliphatic heterocycles. The highest BCUT2D eigenvalue weighted by Crippen LogP contribution is 2.65. The van der Waals surface area contributed by atoms with Crippen molar-refractivity contribution in [3.05, 3.63) is 289 Å². The second-order valence-corrected chi connectivity index (χ2v) is 22.8. The van der Waals surface area contributed by atoms with Crippen molar-refractivity contribution in [2.75, 3.05) is 0 Å². The maximum Gasteiger partial charge on any atom is 0.0725 e. The molecule has 0 radical (unpaired) electrons. The zero-order chi connectivity index (χ0) is 52.4. The summed E-state index contributed by atoms with van der Waals surface area (Å²) < 4.78 is 5.12. The Balaban J connectivity index is 0.950. The van der Waals surface area contributed by atoms with E-state index in [1.807, 2.05) is 0 Å². The molecule has 4 aromatic heterocycles. The van der Waals surface area contributed by atoms with Crippen molar-refractivity contribution in [2.24, 2.45) is 0 Å². The Bertz CT molecular complexity index is 5610. The number of nitrogens with zero attached hydrogens (tertiary/aromatic N) is 2. The summed E-state index contributed by atoms with van der Waals surface area (Å²) in [5.41, 5.74) is 25.1. The van der Waals surface area contributed by atoms with Crippen LogP contribution < -0.4 is 0 Å². The van der Waals surface area contributed by atoms with Crippen LogP contribution in [0.5, 0.6) is 0 Å². The summed E-state index contributed by atoms with van der Waals surface area (Å²) in [4.78, 5) is 0. The largest absolute Gasteiger partial charge is 0.307 e. The molecule has 18 aromatic rings. The summed E-state index contributed by atoms with van der Waals surface area (Å²) in [6.45, 7) is 0. The third kappa shape index (κ3) is 5.00. The van der Waals surface area contributed by atoms with Gasteiger partial charge >= 0.3 is 0 Å². The Morgan fingerprint density at radius 1 is 0.198 bits per heavy atom. The molecule has 0 N–H and O–H groups in total. The van der Waals surface area contributed by atoms with Crippen LogP contribution in [0.25, 0.3) is 164 Å². The topological polar surface area (TPSA) is 8.82 Å². The summed E-state index contributed by atoms with van der Waals surface area (Å²) in [6.07, 6.45) is 0. The van der Waals surface area contributed by atoms with Crippen LogP contribution >= 0.6 is 0 Å². The van der Waals surface area contributed by atoms with Crippen LogP contribution in [0.2, 0.25) is 0 Å². The standard InChI is InChI=1S/C79H44N2/c1-2-19-46-45(18-1)42-43-69-73(46)61-22-3-7-37-66(61)79(69)67-38-8-4-23-62(67)74-63(36-17-39-68(74)79)72-51-26-11-24-47(53-28-13-32-57-59-34-15-30-55-49-20-5-9-40-70(49)80(75(53)57)77(55)59)64(51)44-65-48(25-12-27-52(65)72)54-29-14-33-58-60-35-16-31-56-50-21-6-10-41-71(50)81(76(54)58)78(56)60/h1-44H. The van der Waals surface area contributed by atoms with Gasteiger partial charge in [0.1, 0.15) is 0 Å². The second kappa shape index (κ2) is 15.0. The average molecular weight is 1020 g/mol. The highest BCUT2D eigenvalue weighted by molar-refractivity contribution is 6.29. The van der Waals surface area contributed by atoms with Crippen molar-refractivity contribution in [2.45, 2.75) is 5.41 Å². The van der Waals surface area contributed by atoms with Crippen LogP contribution in [-0.4, -0.2) is 8.80 Å². The smallest absolute Gasteiger partial charge is 0.0725 e. The van der Waals surface area contributed by atoms with E-state index in [1.54, 1.807) is 0 Å². The summed E-state index contributed by atoms with van der Waals surface area (Å²) in [5, 5.41) is 17.8. The maximum absolute atomic E-state index is 2.56. The molecule has 1 unspecified atom stereocenters. The van der Waals surface area contributed by atoms with Gasteiger partial charge < -0.3 is 8.80 Å². The van der Waals surface area contributed by atoms with Gasteiger partial charge in [0.25, 0.3) is 0 Å². The lowest BCUT2D eigenvalue weighted by Gasteiger charge is -2.30. The Labute approximate surface area is 464 Å². The van der Waals surface area contributed by atoms with Gasteiger partial charge in [-0.15, -0.1) is 0 Å². The van der Waals surface area contributed by atoms with Crippen LogP contribution in [-0.2, 0) is 5.41 Å². The van der Waals surface area contributed by atoms with Crippen LogP contribution in [0.15, 0.2) is 267 Å². The van der Waals surface area contributed by atoms with Gasteiger partial charge in [0.2, 0.25) is 0 Å². The maximum atomic E-state index is 2.56. The van der Waals surface area contributed by atoms with E-state index in [-0.39, 0.29) is 0 Å². The van der Waals surface area contributed by atoms with E-state index < -0.39 is 5.41 Å². The molecular formula is C79H44N2. The zero-order valence-corrected chi connectivity index (χ0v) is 43.8. The minimum absolute atomic E-state index is 0.524. The molecule has 20 rings (SSSR count). The highest BCUT2D eigenvalue weighted by Gasteiger charge is 2.52. The number of hydrogen-bond acceptors (Lipinski definition) is 0. The van der Waals surface area contributed by atoms with E-state index in [1.165, 1.54) is 186 Å². The molecule has 14 aromatic carbocycles. The van der Waals surface area contributed by atoms with Crippen LogP contribution in [0, 0.1) is 0 Å². The third-order valence-electron chi connectivity index (χ3n) is 19.4. The van der Waals surface area contributed by atoms with Gasteiger partial charge in [-0.2, -0.15) is 0 Å². The minimum atomic E-state index is -0.524. The fourth-order valence-electron chi connectivity index (χ4n) is 16.5. The molecule has 0 fully saturated rings. The van der Waals surface area contributed by atoms with Crippen molar-refractivity contribution in [3.8, 4) is 55.6 Å². The molecule has 4 heterocycles. The van der Waals surface area contributed by atoms with E-state index >= 15 is 0 Å². The molecule has 2 nitrogen and oxygen atoms in total. The zero-order valence-electron chi connectivity index (χ0n) is 43.8. The van der Waals surface area contributed by atoms with Crippen molar-refractivity contribution in [3.63, 3.8) is 0 Å². The van der Waals surface area contributed by atoms with Gasteiger partial charge in [-0.1, -0.05) is 249 Å². The van der Waals surface area contributed by atoms with Crippen LogP contribution in [0.3, 0.4) is 0 Å². The van der Waals surface area contributed by atoms with E-state index in [0.717, 1.165) is 0 Å².